The number of para-hydroxylation sites is 2. The van der Waals surface area contributed by atoms with Gasteiger partial charge in [-0.1, -0.05) is 88.1 Å². The molecule has 22 N–H and O–H groups in total. The first-order valence-electron chi connectivity index (χ1n) is 45.7. The quantitative estimate of drug-likeness (QED) is 0.0267. The van der Waals surface area contributed by atoms with Gasteiger partial charge >= 0.3 is 11.9 Å². The zero-order chi connectivity index (χ0) is 98.6. The summed E-state index contributed by atoms with van der Waals surface area (Å²) in [5.74, 6) is -19.9. The number of thioether (sulfide) groups is 1. The van der Waals surface area contributed by atoms with Gasteiger partial charge in [0.25, 0.3) is 0 Å². The van der Waals surface area contributed by atoms with Gasteiger partial charge in [-0.3, -0.25) is 86.3 Å². The number of carbonyl (C=O) groups is 18. The predicted molar refractivity (Wildman–Crippen MR) is 492 cm³/mol. The number of carboxylic acid groups (broad SMARTS) is 2. The van der Waals surface area contributed by atoms with Crippen molar-refractivity contribution in [2.75, 3.05) is 64.9 Å². The highest BCUT2D eigenvalue weighted by atomic mass is 32.2. The summed E-state index contributed by atoms with van der Waals surface area (Å²) in [6.07, 6.45) is 2.05. The van der Waals surface area contributed by atoms with E-state index in [0.717, 1.165) is 36.3 Å². The Kier molecular flexibility index (Phi) is 38.5. The van der Waals surface area contributed by atoms with E-state index in [1.807, 2.05) is 13.8 Å². The van der Waals surface area contributed by atoms with Gasteiger partial charge in [-0.2, -0.15) is 0 Å². The number of primary amides is 1. The lowest BCUT2D eigenvalue weighted by molar-refractivity contribution is -0.149. The minimum atomic E-state index is -1.93. The van der Waals surface area contributed by atoms with Crippen molar-refractivity contribution in [1.82, 2.24) is 97.6 Å². The molecule has 136 heavy (non-hydrogen) atoms. The number of carbonyl (C=O) groups excluding carboxylic acids is 16. The highest BCUT2D eigenvalue weighted by molar-refractivity contribution is 8.00. The Morgan fingerprint density at radius 2 is 1.04 bits per heavy atom. The number of rotatable bonds is 26. The van der Waals surface area contributed by atoms with E-state index < -0.39 is 260 Å². The van der Waals surface area contributed by atoms with Gasteiger partial charge in [0.1, 0.15) is 90.3 Å². The van der Waals surface area contributed by atoms with Gasteiger partial charge in [0, 0.05) is 124 Å². The molecule has 16 amide bonds. The molecule has 0 spiro atoms. The number of nitrogens with zero attached hydrogens (tertiary/aromatic N) is 6. The van der Waals surface area contributed by atoms with Gasteiger partial charge < -0.3 is 130 Å². The number of fused-ring (bicyclic) bond motifs is 5. The number of unbranched alkanes of at least 4 members (excludes halogenated alkanes) is 2. The first kappa shape index (κ1) is 105. The molecule has 0 aliphatic carbocycles. The summed E-state index contributed by atoms with van der Waals surface area (Å²) in [6.45, 7) is 0.888. The molecule has 7 heterocycles. The predicted octanol–water partition coefficient (Wildman–Crippen LogP) is -2.50. The van der Waals surface area contributed by atoms with Gasteiger partial charge in [0.2, 0.25) is 94.5 Å². The van der Waals surface area contributed by atoms with Crippen LogP contribution in [0.2, 0.25) is 0 Å². The van der Waals surface area contributed by atoms with Gasteiger partial charge in [0.15, 0.2) is 0 Å². The molecule has 0 bridgehead atoms. The third kappa shape index (κ3) is 28.3. The lowest BCUT2D eigenvalue weighted by atomic mass is 9.97. The van der Waals surface area contributed by atoms with Gasteiger partial charge in [-0.25, -0.2) is 4.98 Å². The number of hydrogen-bond acceptors (Lipinski definition) is 24. The Morgan fingerprint density at radius 3 is 1.63 bits per heavy atom. The second-order valence-corrected chi connectivity index (χ2v) is 35.6. The molecule has 6 aromatic rings. The SMILES string of the molecule is CCCCC1C(=O)N(C)C(CCCC)C(=O)NC(CCCN)C(=O)NC(C(=O)NCC(N)=O)CSCC(=O)NC(Cc2ccc(O)cc2)C(=O)N2CCCCC2C(=O)NC(CC(=O)O)C(=O)N2CCCC2C(=O)NC(Cc2cnc[nH]2)C(=O)NC(CCC(=O)O)C(=O)N2CC(O)CC2C(=O)NC(Cc2c[nH]c3ccccc23)C(=O)NC(CO)C(=O)NC(Cc2c[nH]c3ccccc23)C(=O)N1C. The molecule has 4 fully saturated rings. The van der Waals surface area contributed by atoms with Crippen LogP contribution in [0.15, 0.2) is 97.7 Å². The summed E-state index contributed by atoms with van der Waals surface area (Å²) in [6, 6.07) is -3.23. The number of nitrogens with one attached hydrogen (secondary N) is 13. The fourth-order valence-electron chi connectivity index (χ4n) is 17.4. The number of phenolic OH excluding ortho intramolecular Hbond substituents is 1. The number of nitrogens with two attached hydrogens (primary N) is 2. The van der Waals surface area contributed by atoms with E-state index in [-0.39, 0.29) is 95.3 Å². The van der Waals surface area contributed by atoms with Crippen LogP contribution in [0, 0.1) is 0 Å². The number of benzene rings is 3. The first-order valence-corrected chi connectivity index (χ1v) is 46.8. The van der Waals surface area contributed by atoms with Crippen LogP contribution in [0.1, 0.15) is 145 Å². The summed E-state index contributed by atoms with van der Waals surface area (Å²) < 4.78 is 0. The molecule has 3 aromatic heterocycles. The molecular weight excluding hydrogens is 1790 g/mol. The Hall–Kier alpha value is -13.6. The molecule has 0 saturated carbocycles. The highest BCUT2D eigenvalue weighted by Gasteiger charge is 2.48. The Balaban J connectivity index is 1.02. The average molecular weight is 1910 g/mol. The number of imidazole rings is 1. The number of aliphatic hydroxyl groups excluding tert-OH is 2. The number of phenols is 1. The number of H-pyrrole nitrogens is 3. The number of hydrogen-bond donors (Lipinski definition) is 20. The molecule has 15 atom stereocenters. The lowest BCUT2D eigenvalue weighted by Gasteiger charge is -2.38. The molecule has 44 nitrogen and oxygen atoms in total. The standard InChI is InChI=1S/C91H123N21O23S/c1-5-7-22-69-83(127)100-60(21-15-32-92)79(123)107-68(78(122)97-44-74(93)116)47-136-48-75(117)99-64(35-50-26-28-54(114)29-27-50)89(133)110-33-14-13-24-70(110)85(129)105-66(40-77(120)121)90(134)111-34-16-25-71(111)84(128)103-63(38-53-43-94-49-98-53)81(125)101-61(30-31-76(118)119)88(132)112-45-55(115)39-73(112)86(130)102-62(36-51-41-95-58-19-11-9-17-56(51)58)80(124)106-67(46-113)82(126)104-65(37-52-42-96-59-20-12-10-18-57(52)59)87(131)109(4)72(23-8-6-2)91(135)108(69)3/h9-12,17-20,26-29,41-43,49,55,60-73,95-96,113-115H,5-8,13-16,21-25,30-40,44-48,92H2,1-4H3,(H2,93,116)(H,94,98)(H,97,122)(H,99,117)(H,100,127)(H,101,125)(H,102,130)(H,103,128)(H,104,126)(H,105,129)(H,106,124)(H,107,123)(H,118,119)(H,120,121). The van der Waals surface area contributed by atoms with Crippen molar-refractivity contribution in [1.29, 1.82) is 0 Å². The van der Waals surface area contributed by atoms with Crippen molar-refractivity contribution < 1.29 is 112 Å². The molecule has 736 valence electrons. The smallest absolute Gasteiger partial charge is 0.305 e. The largest absolute Gasteiger partial charge is 0.508 e. The minimum Gasteiger partial charge on any atom is -0.508 e. The van der Waals surface area contributed by atoms with E-state index in [2.05, 4.69) is 73.1 Å². The third-order valence-electron chi connectivity index (χ3n) is 24.7. The van der Waals surface area contributed by atoms with Gasteiger partial charge in [-0.15, -0.1) is 11.8 Å². The van der Waals surface area contributed by atoms with E-state index in [1.165, 1.54) is 50.9 Å². The summed E-state index contributed by atoms with van der Waals surface area (Å²) in [5.41, 5.74) is 14.2. The second kappa shape index (κ2) is 50.1. The van der Waals surface area contributed by atoms with E-state index in [1.54, 1.807) is 60.9 Å². The summed E-state index contributed by atoms with van der Waals surface area (Å²) in [7, 11) is 2.68. The molecule has 3 aromatic carbocycles. The highest BCUT2D eigenvalue weighted by Crippen LogP contribution is 2.29. The molecule has 4 saturated heterocycles. The van der Waals surface area contributed by atoms with Gasteiger partial charge in [-0.05, 0) is 112 Å². The second-order valence-electron chi connectivity index (χ2n) is 34.6. The van der Waals surface area contributed by atoms with Crippen molar-refractivity contribution in [2.45, 2.75) is 239 Å². The summed E-state index contributed by atoms with van der Waals surface area (Å²) in [4.78, 5) is 282. The molecular formula is C91H123N21O23S. The van der Waals surface area contributed by atoms with Gasteiger partial charge in [0.05, 0.1) is 37.8 Å². The van der Waals surface area contributed by atoms with E-state index in [4.69, 9.17) is 11.5 Å². The van der Waals surface area contributed by atoms with Crippen LogP contribution in [0.3, 0.4) is 0 Å². The topological polar surface area (TPSA) is 657 Å². The van der Waals surface area contributed by atoms with E-state index in [9.17, 15) is 63.9 Å². The minimum absolute atomic E-state index is 0.00606. The van der Waals surface area contributed by atoms with Crippen molar-refractivity contribution in [2.24, 2.45) is 11.5 Å². The Bertz CT molecular complexity index is 5270. The number of aliphatic carboxylic acids is 2. The number of aromatic hydroxyl groups is 1. The monoisotopic (exact) mass is 1910 g/mol. The number of amides is 16. The number of aliphatic hydroxyl groups is 2. The van der Waals surface area contributed by atoms with E-state index in [0.29, 0.717) is 77.0 Å². The molecule has 4 aliphatic heterocycles. The summed E-state index contributed by atoms with van der Waals surface area (Å²) in [5, 5.41) is 80.6. The fraction of sp³-hybridized carbons (Fsp3) is 0.527. The third-order valence-corrected chi connectivity index (χ3v) is 25.8. The van der Waals surface area contributed by atoms with Crippen LogP contribution in [0.25, 0.3) is 21.8 Å². The zero-order valence-electron chi connectivity index (χ0n) is 76.2. The Morgan fingerprint density at radius 1 is 0.515 bits per heavy atom. The van der Waals surface area contributed by atoms with Crippen LogP contribution >= 0.6 is 11.8 Å². The van der Waals surface area contributed by atoms with Crippen molar-refractivity contribution in [3.05, 3.63) is 120 Å². The number of carboxylic acids is 2. The fourth-order valence-corrected chi connectivity index (χ4v) is 18.3. The molecule has 45 heteroatoms. The summed E-state index contributed by atoms with van der Waals surface area (Å²) >= 11 is 0.776. The lowest BCUT2D eigenvalue weighted by Crippen LogP contribution is -2.62. The maximum absolute atomic E-state index is 15.7. The Labute approximate surface area is 787 Å². The van der Waals surface area contributed by atoms with Crippen LogP contribution in [0.4, 0.5) is 0 Å². The first-order chi connectivity index (χ1) is 65.1. The van der Waals surface area contributed by atoms with E-state index >= 15 is 47.9 Å². The average Bonchev–Trinajstić information content (AvgIpc) is 1.74. The number of aromatic nitrogens is 4. The van der Waals surface area contributed by atoms with Crippen molar-refractivity contribution >= 4 is 140 Å². The molecule has 15 unspecified atom stereocenters. The molecule has 10 rings (SSSR count). The maximum atomic E-state index is 15.7. The molecule has 0 radical (unpaired) electrons. The van der Waals surface area contributed by atoms with Crippen molar-refractivity contribution in [3.8, 4) is 5.75 Å². The van der Waals surface area contributed by atoms with Crippen LogP contribution in [0.5, 0.6) is 5.75 Å². The number of likely N-dealkylation sites (N-methyl/N-ethyl adjacent to an activating group) is 2. The van der Waals surface area contributed by atoms with Crippen LogP contribution in [-0.4, -0.2) is 332 Å². The number of aromatic amines is 3. The number of piperidine rings is 1. The maximum Gasteiger partial charge on any atom is 0.305 e. The zero-order valence-corrected chi connectivity index (χ0v) is 77.1. The van der Waals surface area contributed by atoms with Crippen LogP contribution < -0.4 is 64.6 Å². The molecule has 4 aliphatic rings. The van der Waals surface area contributed by atoms with Crippen molar-refractivity contribution in [3.63, 3.8) is 0 Å². The van der Waals surface area contributed by atoms with Crippen LogP contribution in [-0.2, 0) is 112 Å². The normalized spacial score (nSPS) is 25.1.